The number of allylic oxidation sites excluding steroid dienone is 16. The zero-order chi connectivity index (χ0) is 40.3. The zero-order valence-corrected chi connectivity index (χ0v) is 35.0. The van der Waals surface area contributed by atoms with Crippen molar-refractivity contribution in [3.63, 3.8) is 0 Å². The summed E-state index contributed by atoms with van der Waals surface area (Å²) in [7, 11) is -4.40. The van der Waals surface area contributed by atoms with Crippen molar-refractivity contribution in [3.05, 3.63) is 97.2 Å². The van der Waals surface area contributed by atoms with Gasteiger partial charge in [-0.1, -0.05) is 143 Å². The number of esters is 2. The second-order valence-electron chi connectivity index (χ2n) is 13.1. The minimum atomic E-state index is -4.40. The fourth-order valence-corrected chi connectivity index (χ4v) is 5.74. The Kier molecular flexibility index (Phi) is 38.3. The molecule has 0 fully saturated rings. The van der Waals surface area contributed by atoms with Gasteiger partial charge in [-0.2, -0.15) is 0 Å². The average Bonchev–Trinajstić information content (AvgIpc) is 3.17. The summed E-state index contributed by atoms with van der Waals surface area (Å²) in [4.78, 5) is 34.8. The predicted octanol–water partition coefficient (Wildman–Crippen LogP) is 11.8. The summed E-state index contributed by atoms with van der Waals surface area (Å²) in [6.45, 7) is 3.40. The first kappa shape index (κ1) is 51.9. The third-order valence-electron chi connectivity index (χ3n) is 7.97. The van der Waals surface area contributed by atoms with Gasteiger partial charge < -0.3 is 20.1 Å². The van der Waals surface area contributed by atoms with Crippen LogP contribution in [-0.2, 0) is 32.7 Å². The normalized spacial score (nSPS) is 14.3. The van der Waals surface area contributed by atoms with E-state index in [9.17, 15) is 19.0 Å². The zero-order valence-electron chi connectivity index (χ0n) is 34.1. The highest BCUT2D eigenvalue weighted by Gasteiger charge is 2.25. The molecule has 0 aromatic rings. The number of ether oxygens (including phenoxy) is 2. The van der Waals surface area contributed by atoms with Crippen LogP contribution in [0.15, 0.2) is 97.2 Å². The minimum Gasteiger partial charge on any atom is -0.462 e. The van der Waals surface area contributed by atoms with E-state index in [1.807, 2.05) is 6.08 Å². The van der Waals surface area contributed by atoms with Gasteiger partial charge >= 0.3 is 19.8 Å². The van der Waals surface area contributed by atoms with Gasteiger partial charge in [0.25, 0.3) is 0 Å². The molecule has 0 aliphatic rings. The van der Waals surface area contributed by atoms with Crippen LogP contribution in [0.25, 0.3) is 0 Å². The van der Waals surface area contributed by atoms with E-state index >= 15 is 0 Å². The smallest absolute Gasteiger partial charge is 0.462 e. The molecule has 0 aliphatic carbocycles. The fourth-order valence-electron chi connectivity index (χ4n) is 4.98. The predicted molar refractivity (Wildman–Crippen MR) is 228 cm³/mol. The standard InChI is InChI=1S/C45H74NO8P/c1-3-5-7-9-11-13-15-17-19-21-23-25-27-29-31-33-35-37-44(47)51-41-43(42-53-55(49,50)52-40-39-46)54-45(48)38-36-34-32-30-28-26-24-22-20-18-16-14-12-10-8-6-4-2/h5-8,11-14,17-20,24,26,30,32,43H,3-4,9-10,15-16,21-23,25,27-29,31,33-42,46H2,1-2H3,(H,49,50)/b7-5-,8-6-,13-11-,14-12-,19-17-,20-18-,26-24-,32-30-. The van der Waals surface area contributed by atoms with Crippen LogP contribution in [0.5, 0.6) is 0 Å². The van der Waals surface area contributed by atoms with Crippen LogP contribution >= 0.6 is 7.82 Å². The Balaban J connectivity index is 4.31. The molecule has 0 aliphatic heterocycles. The topological polar surface area (TPSA) is 134 Å². The first-order chi connectivity index (χ1) is 26.8. The van der Waals surface area contributed by atoms with E-state index < -0.39 is 32.5 Å². The van der Waals surface area contributed by atoms with E-state index in [2.05, 4.69) is 105 Å². The van der Waals surface area contributed by atoms with Gasteiger partial charge in [-0.15, -0.1) is 0 Å². The number of carbonyl (C=O) groups is 2. The van der Waals surface area contributed by atoms with Crippen molar-refractivity contribution in [1.82, 2.24) is 0 Å². The van der Waals surface area contributed by atoms with E-state index in [4.69, 9.17) is 24.3 Å². The highest BCUT2D eigenvalue weighted by Crippen LogP contribution is 2.43. The maximum absolute atomic E-state index is 12.5. The fraction of sp³-hybridized carbons (Fsp3) is 0.600. The van der Waals surface area contributed by atoms with E-state index in [0.717, 1.165) is 77.0 Å². The van der Waals surface area contributed by atoms with E-state index in [-0.39, 0.29) is 32.6 Å². The Morgan fingerprint density at radius 3 is 1.45 bits per heavy atom. The molecule has 0 aromatic carbocycles. The maximum Gasteiger partial charge on any atom is 0.472 e. The van der Waals surface area contributed by atoms with E-state index in [1.165, 1.54) is 19.3 Å². The number of carbonyl (C=O) groups excluding carboxylic acids is 2. The highest BCUT2D eigenvalue weighted by atomic mass is 31.2. The van der Waals surface area contributed by atoms with Gasteiger partial charge in [-0.05, 0) is 83.5 Å². The van der Waals surface area contributed by atoms with Crippen LogP contribution in [-0.4, -0.2) is 49.3 Å². The van der Waals surface area contributed by atoms with Crippen LogP contribution in [0.4, 0.5) is 0 Å². The molecule has 0 radical (unpaired) electrons. The largest absolute Gasteiger partial charge is 0.472 e. The van der Waals surface area contributed by atoms with Crippen molar-refractivity contribution in [2.75, 3.05) is 26.4 Å². The number of phosphoric ester groups is 1. The molecule has 55 heavy (non-hydrogen) atoms. The monoisotopic (exact) mass is 788 g/mol. The third kappa shape index (κ3) is 40.4. The lowest BCUT2D eigenvalue weighted by atomic mass is 10.1. The van der Waals surface area contributed by atoms with Crippen molar-refractivity contribution in [1.29, 1.82) is 0 Å². The summed E-state index contributed by atoms with van der Waals surface area (Å²) < 4.78 is 32.7. The molecule has 0 saturated heterocycles. The summed E-state index contributed by atoms with van der Waals surface area (Å²) in [6, 6.07) is 0. The molecule has 0 aromatic heterocycles. The van der Waals surface area contributed by atoms with Crippen molar-refractivity contribution in [2.24, 2.45) is 5.73 Å². The van der Waals surface area contributed by atoms with Crippen molar-refractivity contribution >= 4 is 19.8 Å². The van der Waals surface area contributed by atoms with Crippen LogP contribution in [0.2, 0.25) is 0 Å². The summed E-state index contributed by atoms with van der Waals surface area (Å²) in [6.07, 6.45) is 51.6. The maximum atomic E-state index is 12.5. The Morgan fingerprint density at radius 1 is 0.545 bits per heavy atom. The number of phosphoric acid groups is 1. The van der Waals surface area contributed by atoms with E-state index in [0.29, 0.717) is 19.3 Å². The molecule has 0 bridgehead atoms. The lowest BCUT2D eigenvalue weighted by Crippen LogP contribution is -2.29. The van der Waals surface area contributed by atoms with E-state index in [1.54, 1.807) is 0 Å². The highest BCUT2D eigenvalue weighted by molar-refractivity contribution is 7.47. The Morgan fingerprint density at radius 2 is 0.964 bits per heavy atom. The lowest BCUT2D eigenvalue weighted by molar-refractivity contribution is -0.161. The lowest BCUT2D eigenvalue weighted by Gasteiger charge is -2.19. The first-order valence-electron chi connectivity index (χ1n) is 20.7. The number of hydrogen-bond donors (Lipinski definition) is 2. The molecule has 3 N–H and O–H groups in total. The number of unbranched alkanes of at least 4 members (excludes halogenated alkanes) is 8. The molecule has 9 nitrogen and oxygen atoms in total. The second-order valence-corrected chi connectivity index (χ2v) is 14.5. The van der Waals surface area contributed by atoms with Gasteiger partial charge in [0.1, 0.15) is 6.61 Å². The summed E-state index contributed by atoms with van der Waals surface area (Å²) in [5.74, 6) is -0.920. The molecule has 312 valence electrons. The van der Waals surface area contributed by atoms with Gasteiger partial charge in [0.15, 0.2) is 6.10 Å². The summed E-state index contributed by atoms with van der Waals surface area (Å²) in [5, 5.41) is 0. The van der Waals surface area contributed by atoms with Gasteiger partial charge in [0.2, 0.25) is 0 Å². The third-order valence-corrected chi connectivity index (χ3v) is 8.95. The number of nitrogens with two attached hydrogens (primary N) is 1. The van der Waals surface area contributed by atoms with Gasteiger partial charge in [-0.3, -0.25) is 18.6 Å². The Hall–Kier alpha value is -3.07. The number of rotatable bonds is 37. The molecule has 0 saturated carbocycles. The minimum absolute atomic E-state index is 0.0373. The molecule has 2 atom stereocenters. The SMILES string of the molecule is CC/C=C\C/C=C\C/C=C\C/C=C\C/C=C\CCCC(=O)OC(COC(=O)CCCCCCCCC/C=C\C/C=C\C/C=C\CC)COP(=O)(O)OCCN. The average molecular weight is 788 g/mol. The Bertz CT molecular complexity index is 1220. The van der Waals surface area contributed by atoms with Crippen LogP contribution in [0.3, 0.4) is 0 Å². The molecule has 0 spiro atoms. The Labute approximate surface area is 334 Å². The summed E-state index contributed by atoms with van der Waals surface area (Å²) >= 11 is 0. The van der Waals surface area contributed by atoms with Crippen molar-refractivity contribution < 1.29 is 37.6 Å². The summed E-state index contributed by atoms with van der Waals surface area (Å²) in [5.41, 5.74) is 5.34. The molecule has 0 heterocycles. The molecular formula is C45H74NO8P. The van der Waals surface area contributed by atoms with Crippen LogP contribution in [0.1, 0.15) is 142 Å². The first-order valence-corrected chi connectivity index (χ1v) is 22.2. The van der Waals surface area contributed by atoms with Crippen molar-refractivity contribution in [3.8, 4) is 0 Å². The quantitative estimate of drug-likeness (QED) is 0.0273. The van der Waals surface area contributed by atoms with Gasteiger partial charge in [-0.25, -0.2) is 4.57 Å². The van der Waals surface area contributed by atoms with Crippen molar-refractivity contribution in [2.45, 2.75) is 148 Å². The molecular weight excluding hydrogens is 713 g/mol. The number of hydrogen-bond acceptors (Lipinski definition) is 8. The van der Waals surface area contributed by atoms with Crippen LogP contribution < -0.4 is 5.73 Å². The van der Waals surface area contributed by atoms with Gasteiger partial charge in [0, 0.05) is 19.4 Å². The molecule has 0 rings (SSSR count). The second kappa shape index (κ2) is 40.6. The molecule has 10 heteroatoms. The van der Waals surface area contributed by atoms with Gasteiger partial charge in [0.05, 0.1) is 13.2 Å². The van der Waals surface area contributed by atoms with Crippen LogP contribution in [0, 0.1) is 0 Å². The molecule has 2 unspecified atom stereocenters. The molecule has 0 amide bonds.